The van der Waals surface area contributed by atoms with E-state index in [2.05, 4.69) is 17.6 Å². The van der Waals surface area contributed by atoms with Crippen molar-refractivity contribution in [1.82, 2.24) is 10.6 Å². The molecule has 5 nitrogen and oxygen atoms in total. The van der Waals surface area contributed by atoms with Crippen molar-refractivity contribution in [1.29, 1.82) is 0 Å². The predicted molar refractivity (Wildman–Crippen MR) is 74.9 cm³/mol. The Morgan fingerprint density at radius 2 is 2.37 bits per heavy atom. The highest BCUT2D eigenvalue weighted by atomic mass is 16.5. The maximum Gasteiger partial charge on any atom is 0.220 e. The molecule has 0 aliphatic carbocycles. The first kappa shape index (κ1) is 16.4. The highest BCUT2D eigenvalue weighted by Gasteiger charge is 2.21. The second-order valence-electron chi connectivity index (χ2n) is 5.33. The molecular weight excluding hydrogens is 244 g/mol. The van der Waals surface area contributed by atoms with E-state index >= 15 is 0 Å². The van der Waals surface area contributed by atoms with Crippen LogP contribution in [0.4, 0.5) is 0 Å². The minimum absolute atomic E-state index is 0.0549. The van der Waals surface area contributed by atoms with Gasteiger partial charge in [-0.05, 0) is 44.2 Å². The minimum atomic E-state index is 0.0549. The predicted octanol–water partition coefficient (Wildman–Crippen LogP) is 0.527. The van der Waals surface area contributed by atoms with E-state index in [9.17, 15) is 4.79 Å². The summed E-state index contributed by atoms with van der Waals surface area (Å²) in [6, 6.07) is 0. The van der Waals surface area contributed by atoms with Crippen LogP contribution in [0.15, 0.2) is 0 Å². The number of piperidine rings is 1. The van der Waals surface area contributed by atoms with E-state index in [1.165, 1.54) is 12.8 Å². The second kappa shape index (κ2) is 10.2. The van der Waals surface area contributed by atoms with Crippen molar-refractivity contribution >= 4 is 5.91 Å². The molecule has 1 fully saturated rings. The molecule has 1 rings (SSSR count). The van der Waals surface area contributed by atoms with E-state index in [4.69, 9.17) is 9.84 Å². The van der Waals surface area contributed by atoms with Gasteiger partial charge in [-0.15, -0.1) is 0 Å². The summed E-state index contributed by atoms with van der Waals surface area (Å²) in [6.07, 6.45) is 3.87. The van der Waals surface area contributed by atoms with Crippen molar-refractivity contribution < 1.29 is 14.6 Å². The molecule has 0 saturated carbocycles. The molecule has 0 bridgehead atoms. The second-order valence-corrected chi connectivity index (χ2v) is 5.33. The summed E-state index contributed by atoms with van der Waals surface area (Å²) < 4.78 is 5.13. The van der Waals surface area contributed by atoms with Crippen LogP contribution < -0.4 is 10.6 Å². The molecule has 0 radical (unpaired) electrons. The Bertz CT molecular complexity index is 243. The number of carbonyl (C=O) groups is 1. The molecule has 1 aliphatic heterocycles. The zero-order chi connectivity index (χ0) is 13.9. The van der Waals surface area contributed by atoms with E-state index in [-0.39, 0.29) is 12.5 Å². The fraction of sp³-hybridized carbons (Fsp3) is 0.929. The number of hydrogen-bond acceptors (Lipinski definition) is 4. The van der Waals surface area contributed by atoms with Crippen molar-refractivity contribution in [3.05, 3.63) is 0 Å². The zero-order valence-corrected chi connectivity index (χ0v) is 12.0. The Labute approximate surface area is 116 Å². The number of hydrogen-bond donors (Lipinski definition) is 3. The third-order valence-corrected chi connectivity index (χ3v) is 3.67. The molecule has 112 valence electrons. The SMILES string of the molecule is CC(CC(=O)NCCCOCCO)C1CCCNC1. The van der Waals surface area contributed by atoms with E-state index < -0.39 is 0 Å². The average Bonchev–Trinajstić information content (AvgIpc) is 2.43. The van der Waals surface area contributed by atoms with E-state index in [1.54, 1.807) is 0 Å². The van der Waals surface area contributed by atoms with Gasteiger partial charge in [0.15, 0.2) is 0 Å². The number of nitrogens with one attached hydrogen (secondary N) is 2. The topological polar surface area (TPSA) is 70.6 Å². The van der Waals surface area contributed by atoms with Gasteiger partial charge in [0.05, 0.1) is 13.2 Å². The number of rotatable bonds is 9. The number of aliphatic hydroxyl groups excluding tert-OH is 1. The van der Waals surface area contributed by atoms with Gasteiger partial charge in [-0.1, -0.05) is 6.92 Å². The van der Waals surface area contributed by atoms with E-state index in [0.29, 0.717) is 38.0 Å². The summed E-state index contributed by atoms with van der Waals surface area (Å²) in [5.41, 5.74) is 0. The van der Waals surface area contributed by atoms with Crippen molar-refractivity contribution in [2.45, 2.75) is 32.6 Å². The van der Waals surface area contributed by atoms with Gasteiger partial charge in [0.2, 0.25) is 5.91 Å². The minimum Gasteiger partial charge on any atom is -0.394 e. The van der Waals surface area contributed by atoms with E-state index in [0.717, 1.165) is 19.5 Å². The lowest BCUT2D eigenvalue weighted by Gasteiger charge is -2.28. The normalized spacial score (nSPS) is 21.1. The van der Waals surface area contributed by atoms with Gasteiger partial charge in [-0.25, -0.2) is 0 Å². The molecule has 0 aromatic rings. The molecule has 19 heavy (non-hydrogen) atoms. The third-order valence-electron chi connectivity index (χ3n) is 3.67. The smallest absolute Gasteiger partial charge is 0.220 e. The molecular formula is C14H28N2O3. The van der Waals surface area contributed by atoms with Crippen LogP contribution in [0.5, 0.6) is 0 Å². The number of aliphatic hydroxyl groups is 1. The molecule has 0 aromatic carbocycles. The summed E-state index contributed by atoms with van der Waals surface area (Å²) in [5.74, 6) is 1.21. The first-order valence-corrected chi connectivity index (χ1v) is 7.40. The van der Waals surface area contributed by atoms with Crippen LogP contribution in [0.25, 0.3) is 0 Å². The van der Waals surface area contributed by atoms with Crippen molar-refractivity contribution in [3.8, 4) is 0 Å². The number of amides is 1. The highest BCUT2D eigenvalue weighted by molar-refractivity contribution is 5.76. The van der Waals surface area contributed by atoms with Gasteiger partial charge in [0.25, 0.3) is 0 Å². The molecule has 1 aliphatic rings. The molecule has 3 N–H and O–H groups in total. The Kier molecular flexibility index (Phi) is 8.79. The van der Waals surface area contributed by atoms with Crippen LogP contribution in [-0.2, 0) is 9.53 Å². The van der Waals surface area contributed by atoms with Crippen molar-refractivity contribution in [2.24, 2.45) is 11.8 Å². The Morgan fingerprint density at radius 3 is 3.05 bits per heavy atom. The average molecular weight is 272 g/mol. The monoisotopic (exact) mass is 272 g/mol. The highest BCUT2D eigenvalue weighted by Crippen LogP contribution is 2.22. The summed E-state index contributed by atoms with van der Waals surface area (Å²) in [7, 11) is 0. The maximum absolute atomic E-state index is 11.8. The molecule has 2 atom stereocenters. The molecule has 2 unspecified atom stereocenters. The van der Waals surface area contributed by atoms with Crippen LogP contribution in [0.3, 0.4) is 0 Å². The van der Waals surface area contributed by atoms with Gasteiger partial charge in [-0.2, -0.15) is 0 Å². The molecule has 0 aromatic heterocycles. The van der Waals surface area contributed by atoms with Crippen LogP contribution in [-0.4, -0.2) is 50.5 Å². The lowest BCUT2D eigenvalue weighted by atomic mass is 9.85. The molecule has 0 spiro atoms. The van der Waals surface area contributed by atoms with Crippen molar-refractivity contribution in [3.63, 3.8) is 0 Å². The molecule has 1 amide bonds. The molecule has 5 heteroatoms. The Hall–Kier alpha value is -0.650. The summed E-state index contributed by atoms with van der Waals surface area (Å²) in [6.45, 7) is 6.00. The van der Waals surface area contributed by atoms with Gasteiger partial charge < -0.3 is 20.5 Å². The number of carbonyl (C=O) groups excluding carboxylic acids is 1. The first-order chi connectivity index (χ1) is 9.24. The fourth-order valence-electron chi connectivity index (χ4n) is 2.46. The fourth-order valence-corrected chi connectivity index (χ4v) is 2.46. The van der Waals surface area contributed by atoms with E-state index in [1.807, 2.05) is 0 Å². The molecule has 1 saturated heterocycles. The summed E-state index contributed by atoms with van der Waals surface area (Å²) >= 11 is 0. The Balaban J connectivity index is 2.02. The van der Waals surface area contributed by atoms with Crippen LogP contribution in [0.1, 0.15) is 32.6 Å². The van der Waals surface area contributed by atoms with Gasteiger partial charge >= 0.3 is 0 Å². The maximum atomic E-state index is 11.8. The largest absolute Gasteiger partial charge is 0.394 e. The van der Waals surface area contributed by atoms with Gasteiger partial charge in [-0.3, -0.25) is 4.79 Å². The first-order valence-electron chi connectivity index (χ1n) is 7.40. The Morgan fingerprint density at radius 1 is 1.53 bits per heavy atom. The van der Waals surface area contributed by atoms with Crippen LogP contribution in [0, 0.1) is 11.8 Å². The number of ether oxygens (including phenoxy) is 1. The summed E-state index contributed by atoms with van der Waals surface area (Å²) in [4.78, 5) is 11.8. The lowest BCUT2D eigenvalue weighted by molar-refractivity contribution is -0.122. The van der Waals surface area contributed by atoms with Crippen LogP contribution >= 0.6 is 0 Å². The van der Waals surface area contributed by atoms with Crippen molar-refractivity contribution in [2.75, 3.05) is 39.5 Å². The standard InChI is InChI=1S/C14H28N2O3/c1-12(13-4-2-5-15-11-13)10-14(18)16-6-3-8-19-9-7-17/h12-13,15,17H,2-11H2,1H3,(H,16,18). The molecule has 1 heterocycles. The summed E-state index contributed by atoms with van der Waals surface area (Å²) in [5, 5.41) is 14.9. The quantitative estimate of drug-likeness (QED) is 0.535. The van der Waals surface area contributed by atoms with Crippen LogP contribution in [0.2, 0.25) is 0 Å². The van der Waals surface area contributed by atoms with Gasteiger partial charge in [0, 0.05) is 19.6 Å². The van der Waals surface area contributed by atoms with Gasteiger partial charge in [0.1, 0.15) is 0 Å². The third kappa shape index (κ3) is 7.50. The zero-order valence-electron chi connectivity index (χ0n) is 12.0. The lowest BCUT2D eigenvalue weighted by Crippen LogP contribution is -2.35.